The van der Waals surface area contributed by atoms with Crippen LogP contribution < -0.4 is 10.9 Å². The molecule has 4 rings (SSSR count). The normalized spacial score (nSPS) is 21.4. The zero-order valence-corrected chi connectivity index (χ0v) is 19.7. The monoisotopic (exact) mass is 455 g/mol. The van der Waals surface area contributed by atoms with E-state index in [1.165, 1.54) is 6.07 Å². The van der Waals surface area contributed by atoms with Crippen LogP contribution in [0.4, 0.5) is 0 Å². The number of esters is 1. The highest BCUT2D eigenvalue weighted by molar-refractivity contribution is 5.79. The summed E-state index contributed by atoms with van der Waals surface area (Å²) in [5.41, 5.74) is 2.09. The molecular weight excluding hydrogens is 426 g/mol. The summed E-state index contributed by atoms with van der Waals surface area (Å²) in [6, 6.07) is 22.7. The van der Waals surface area contributed by atoms with Gasteiger partial charge in [0.2, 0.25) is 5.56 Å². The number of carbonyl (C=O) groups is 1. The molecule has 6 nitrogen and oxygen atoms in total. The summed E-state index contributed by atoms with van der Waals surface area (Å²) in [6.07, 6.45) is 2.08. The first-order valence-corrected chi connectivity index (χ1v) is 11.5. The van der Waals surface area contributed by atoms with E-state index in [-0.39, 0.29) is 17.4 Å². The fraction of sp³-hybridized carbons (Fsp3) is 0.321. The van der Waals surface area contributed by atoms with Crippen molar-refractivity contribution in [2.75, 3.05) is 6.54 Å². The molecule has 1 aliphatic heterocycles. The fourth-order valence-electron chi connectivity index (χ4n) is 4.65. The van der Waals surface area contributed by atoms with E-state index in [0.717, 1.165) is 22.3 Å². The van der Waals surface area contributed by atoms with E-state index >= 15 is 0 Å². The number of nitriles is 1. The number of H-pyrrole nitrogens is 1. The molecule has 1 fully saturated rings. The quantitative estimate of drug-likeness (QED) is 0.534. The van der Waals surface area contributed by atoms with Crippen molar-refractivity contribution >= 4 is 5.97 Å². The van der Waals surface area contributed by atoms with Crippen molar-refractivity contribution in [2.24, 2.45) is 5.41 Å². The third-order valence-electron chi connectivity index (χ3n) is 6.54. The zero-order chi connectivity index (χ0) is 24.3. The summed E-state index contributed by atoms with van der Waals surface area (Å²) in [4.78, 5) is 27.3. The number of nitrogens with zero attached hydrogens (tertiary/aromatic N) is 1. The molecule has 0 radical (unpaired) electrons. The SMILES string of the molecule is C[C@@H](c1ccc(-c2ccc(=O)[nH]c2)cc1)C1NCC(CC(C)(C)C#N)(c2ccccc2)OC1=O. The number of cyclic esters (lactones) is 1. The molecular formula is C28H29N3O3. The Morgan fingerprint density at radius 1 is 1.06 bits per heavy atom. The molecule has 0 aliphatic carbocycles. The number of hydrogen-bond donors (Lipinski definition) is 2. The number of hydrogen-bond acceptors (Lipinski definition) is 5. The number of ether oxygens (including phenoxy) is 1. The minimum absolute atomic E-state index is 0.116. The Morgan fingerprint density at radius 2 is 1.74 bits per heavy atom. The van der Waals surface area contributed by atoms with Gasteiger partial charge in [0.25, 0.3) is 0 Å². The van der Waals surface area contributed by atoms with Crippen molar-refractivity contribution in [1.29, 1.82) is 5.26 Å². The van der Waals surface area contributed by atoms with Crippen molar-refractivity contribution in [3.63, 3.8) is 0 Å². The fourth-order valence-corrected chi connectivity index (χ4v) is 4.65. The van der Waals surface area contributed by atoms with Crippen molar-refractivity contribution < 1.29 is 9.53 Å². The Kier molecular flexibility index (Phi) is 6.41. The van der Waals surface area contributed by atoms with Crippen LogP contribution in [0.2, 0.25) is 0 Å². The van der Waals surface area contributed by atoms with Crippen LogP contribution in [0.3, 0.4) is 0 Å². The lowest BCUT2D eigenvalue weighted by Crippen LogP contribution is -2.58. The van der Waals surface area contributed by atoms with Crippen LogP contribution in [-0.2, 0) is 15.1 Å². The molecule has 1 saturated heterocycles. The Hall–Kier alpha value is -3.69. The van der Waals surface area contributed by atoms with Crippen LogP contribution >= 0.6 is 0 Å². The topological polar surface area (TPSA) is 95.0 Å². The first-order valence-electron chi connectivity index (χ1n) is 11.5. The molecule has 2 aromatic carbocycles. The molecule has 2 N–H and O–H groups in total. The number of morpholine rings is 1. The van der Waals surface area contributed by atoms with E-state index in [0.29, 0.717) is 13.0 Å². The summed E-state index contributed by atoms with van der Waals surface area (Å²) >= 11 is 0. The molecule has 1 aromatic heterocycles. The molecule has 6 heteroatoms. The van der Waals surface area contributed by atoms with Gasteiger partial charge in [-0.05, 0) is 42.2 Å². The van der Waals surface area contributed by atoms with Gasteiger partial charge in [0, 0.05) is 31.1 Å². The molecule has 3 aromatic rings. The van der Waals surface area contributed by atoms with Gasteiger partial charge in [0.1, 0.15) is 6.04 Å². The summed E-state index contributed by atoms with van der Waals surface area (Å²) < 4.78 is 6.17. The minimum atomic E-state index is -0.901. The average Bonchev–Trinajstić information content (AvgIpc) is 2.85. The zero-order valence-electron chi connectivity index (χ0n) is 19.7. The Labute approximate surface area is 199 Å². The van der Waals surface area contributed by atoms with Crippen molar-refractivity contribution in [3.05, 3.63) is 94.4 Å². The highest BCUT2D eigenvalue weighted by atomic mass is 16.6. The average molecular weight is 456 g/mol. The molecule has 0 amide bonds. The third-order valence-corrected chi connectivity index (χ3v) is 6.54. The molecule has 34 heavy (non-hydrogen) atoms. The highest BCUT2D eigenvalue weighted by Crippen LogP contribution is 2.40. The Morgan fingerprint density at radius 3 is 2.32 bits per heavy atom. The van der Waals surface area contributed by atoms with Crippen LogP contribution in [0.25, 0.3) is 11.1 Å². The molecule has 3 atom stereocenters. The number of aromatic nitrogens is 1. The van der Waals surface area contributed by atoms with Gasteiger partial charge in [-0.15, -0.1) is 0 Å². The molecule has 0 spiro atoms. The summed E-state index contributed by atoms with van der Waals surface area (Å²) in [5.74, 6) is -0.434. The van der Waals surface area contributed by atoms with Crippen LogP contribution in [0, 0.1) is 16.7 Å². The van der Waals surface area contributed by atoms with Gasteiger partial charge in [-0.2, -0.15) is 5.26 Å². The molecule has 0 bridgehead atoms. The van der Waals surface area contributed by atoms with E-state index in [4.69, 9.17) is 4.74 Å². The van der Waals surface area contributed by atoms with Crippen molar-refractivity contribution in [3.8, 4) is 17.2 Å². The van der Waals surface area contributed by atoms with Gasteiger partial charge in [-0.25, -0.2) is 0 Å². The van der Waals surface area contributed by atoms with Crippen LogP contribution in [0.1, 0.15) is 44.2 Å². The second kappa shape index (κ2) is 9.28. The summed E-state index contributed by atoms with van der Waals surface area (Å²) in [7, 11) is 0. The molecule has 2 heterocycles. The van der Waals surface area contributed by atoms with Gasteiger partial charge < -0.3 is 9.72 Å². The Bertz CT molecular complexity index is 1240. The number of rotatable bonds is 6. The van der Waals surface area contributed by atoms with Crippen LogP contribution in [0.15, 0.2) is 77.7 Å². The van der Waals surface area contributed by atoms with E-state index in [1.54, 1.807) is 12.3 Å². The second-order valence-corrected chi connectivity index (χ2v) is 9.66. The van der Waals surface area contributed by atoms with E-state index in [1.807, 2.05) is 75.4 Å². The Balaban J connectivity index is 1.55. The molecule has 174 valence electrons. The summed E-state index contributed by atoms with van der Waals surface area (Å²) in [6.45, 7) is 6.16. The highest BCUT2D eigenvalue weighted by Gasteiger charge is 2.47. The second-order valence-electron chi connectivity index (χ2n) is 9.66. The van der Waals surface area contributed by atoms with Gasteiger partial charge in [0.15, 0.2) is 5.60 Å². The van der Waals surface area contributed by atoms with Gasteiger partial charge in [0.05, 0.1) is 11.5 Å². The van der Waals surface area contributed by atoms with E-state index in [9.17, 15) is 14.9 Å². The van der Waals surface area contributed by atoms with Gasteiger partial charge in [-0.1, -0.05) is 61.5 Å². The lowest BCUT2D eigenvalue weighted by Gasteiger charge is -2.44. The number of carbonyl (C=O) groups excluding carboxylic acids is 1. The third kappa shape index (κ3) is 4.80. The lowest BCUT2D eigenvalue weighted by molar-refractivity contribution is -0.175. The number of pyridine rings is 1. The van der Waals surface area contributed by atoms with Gasteiger partial charge in [-0.3, -0.25) is 14.9 Å². The van der Waals surface area contributed by atoms with Crippen LogP contribution in [0.5, 0.6) is 0 Å². The van der Waals surface area contributed by atoms with E-state index < -0.39 is 17.1 Å². The first-order chi connectivity index (χ1) is 16.2. The maximum absolute atomic E-state index is 13.3. The predicted molar refractivity (Wildman–Crippen MR) is 131 cm³/mol. The maximum Gasteiger partial charge on any atom is 0.324 e. The predicted octanol–water partition coefficient (Wildman–Crippen LogP) is 4.50. The van der Waals surface area contributed by atoms with Gasteiger partial charge >= 0.3 is 5.97 Å². The van der Waals surface area contributed by atoms with Crippen molar-refractivity contribution in [2.45, 2.75) is 44.8 Å². The molecule has 1 aliphatic rings. The largest absolute Gasteiger partial charge is 0.452 e. The van der Waals surface area contributed by atoms with Crippen LogP contribution in [-0.4, -0.2) is 23.5 Å². The lowest BCUT2D eigenvalue weighted by atomic mass is 9.76. The smallest absolute Gasteiger partial charge is 0.324 e. The maximum atomic E-state index is 13.3. The van der Waals surface area contributed by atoms with Crippen molar-refractivity contribution in [1.82, 2.24) is 10.3 Å². The molecule has 0 saturated carbocycles. The number of nitrogens with one attached hydrogen (secondary N) is 2. The number of aromatic amines is 1. The number of benzene rings is 2. The molecule has 2 unspecified atom stereocenters. The summed E-state index contributed by atoms with van der Waals surface area (Å²) in [5, 5.41) is 13.1. The first kappa shape index (κ1) is 23.5. The minimum Gasteiger partial charge on any atom is -0.452 e. The van der Waals surface area contributed by atoms with E-state index in [2.05, 4.69) is 16.4 Å². The standard InChI is InChI=1S/C28H29N3O3/c1-19(20-9-11-21(12-10-20)22-13-14-24(32)30-15-22)25-26(33)34-28(18-31-25,16-27(2,3)17-29)23-7-5-4-6-8-23/h4-15,19,25,31H,16,18H2,1-3H3,(H,30,32)/t19-,25?,28?/m0/s1.